The first-order valence-corrected chi connectivity index (χ1v) is 18.0. The predicted octanol–water partition coefficient (Wildman–Crippen LogP) is 8.53. The van der Waals surface area contributed by atoms with Gasteiger partial charge in [0.2, 0.25) is 11.8 Å². The van der Waals surface area contributed by atoms with Crippen LogP contribution in [-0.2, 0) is 27.9 Å². The summed E-state index contributed by atoms with van der Waals surface area (Å²) in [6.45, 7) is 14.7. The molecule has 0 N–H and O–H groups in total. The van der Waals surface area contributed by atoms with Gasteiger partial charge in [-0.3, -0.25) is 9.36 Å². The summed E-state index contributed by atoms with van der Waals surface area (Å²) in [5.74, 6) is -1.02. The molecule has 0 saturated heterocycles. The number of amides is 3. The van der Waals surface area contributed by atoms with E-state index in [-0.39, 0.29) is 35.2 Å². The van der Waals surface area contributed by atoms with E-state index >= 15 is 0 Å². The van der Waals surface area contributed by atoms with E-state index in [1.54, 1.807) is 111 Å². The number of nitrogens with zero attached hydrogens (tertiary/aromatic N) is 6. The van der Waals surface area contributed by atoms with Gasteiger partial charge in [0.05, 0.1) is 5.69 Å². The molecule has 0 aliphatic heterocycles. The fraction of sp³-hybridized carbons (Fsp3) is 0.333. The third-order valence-electron chi connectivity index (χ3n) is 7.74. The first-order chi connectivity index (χ1) is 26.6. The van der Waals surface area contributed by atoms with Crippen molar-refractivity contribution in [2.75, 3.05) is 9.80 Å². The number of anilines is 3. The first-order valence-electron chi connectivity index (χ1n) is 18.0. The summed E-state index contributed by atoms with van der Waals surface area (Å²) in [5.41, 5.74) is -1.03. The summed E-state index contributed by atoms with van der Waals surface area (Å²) in [4.78, 5) is 81.8. The van der Waals surface area contributed by atoms with Crippen LogP contribution in [0.1, 0.15) is 78.2 Å². The fourth-order valence-electron chi connectivity index (χ4n) is 5.29. The van der Waals surface area contributed by atoms with Gasteiger partial charge in [-0.15, -0.1) is 0 Å². The van der Waals surface area contributed by atoms with E-state index in [1.165, 1.54) is 7.05 Å². The minimum atomic E-state index is -1.19. The van der Waals surface area contributed by atoms with Crippen LogP contribution >= 0.6 is 0 Å². The maximum absolute atomic E-state index is 14.1. The smallest absolute Gasteiger partial charge is 0.425 e. The van der Waals surface area contributed by atoms with Crippen molar-refractivity contribution < 1.29 is 38.1 Å². The van der Waals surface area contributed by atoms with E-state index in [0.29, 0.717) is 10.5 Å². The van der Waals surface area contributed by atoms with Crippen molar-refractivity contribution in [2.45, 2.75) is 85.7 Å². The van der Waals surface area contributed by atoms with Gasteiger partial charge >= 0.3 is 24.0 Å². The number of fused-ring (bicyclic) bond motifs is 1. The van der Waals surface area contributed by atoms with E-state index < -0.39 is 46.6 Å². The number of hydrogen-bond donors (Lipinski definition) is 0. The maximum atomic E-state index is 14.1. The summed E-state index contributed by atoms with van der Waals surface area (Å²) >= 11 is 0. The second-order valence-corrected chi connectivity index (χ2v) is 16.0. The summed E-state index contributed by atoms with van der Waals surface area (Å²) in [6, 6.07) is 23.0. The Kier molecular flexibility index (Phi) is 11.8. The van der Waals surface area contributed by atoms with E-state index in [9.17, 15) is 24.0 Å². The fourth-order valence-corrected chi connectivity index (χ4v) is 5.29. The topological polar surface area (TPSA) is 172 Å². The van der Waals surface area contributed by atoms with Gasteiger partial charge in [-0.2, -0.15) is 19.9 Å². The number of imide groups is 1. The molecule has 0 aliphatic carbocycles. The number of rotatable bonds is 8. The molecular weight excluding hydrogens is 732 g/mol. The average Bonchev–Trinajstić information content (AvgIpc) is 3.11. The number of aromatic nitrogens is 4. The van der Waals surface area contributed by atoms with Crippen molar-refractivity contribution in [2.24, 2.45) is 7.05 Å². The molecule has 5 rings (SSSR count). The van der Waals surface area contributed by atoms with Gasteiger partial charge in [-0.1, -0.05) is 66.7 Å². The van der Waals surface area contributed by atoms with Crippen molar-refractivity contribution >= 4 is 53.1 Å². The highest BCUT2D eigenvalue weighted by molar-refractivity contribution is 6.14. The quantitative estimate of drug-likeness (QED) is 0.109. The number of hydrogen-bond acceptors (Lipinski definition) is 12. The highest BCUT2D eigenvalue weighted by atomic mass is 16.6. The third-order valence-corrected chi connectivity index (χ3v) is 7.74. The van der Waals surface area contributed by atoms with Crippen molar-refractivity contribution in [3.63, 3.8) is 0 Å². The SMILES string of the molecule is Cn1c(=O)nc(N(C(=O)OC(C)(C)C)C(=O)OC(C)(C)C)c2c(OCc3ccccc3)nc(N(C(=O)OC(C)(C)C)c3ccc(-c4ccc(C=O)cc4)cc3)nc21. The van der Waals surface area contributed by atoms with Crippen molar-refractivity contribution in [3.8, 4) is 17.0 Å². The number of carbonyl (C=O) groups is 4. The van der Waals surface area contributed by atoms with Crippen LogP contribution in [0.5, 0.6) is 5.88 Å². The molecule has 2 heterocycles. The molecule has 5 aromatic rings. The molecule has 0 saturated carbocycles. The summed E-state index contributed by atoms with van der Waals surface area (Å²) in [6.07, 6.45) is -2.47. The molecule has 0 bridgehead atoms. The third kappa shape index (κ3) is 10.4. The van der Waals surface area contributed by atoms with Crippen LogP contribution in [0, 0.1) is 0 Å². The highest BCUT2D eigenvalue weighted by Gasteiger charge is 2.38. The molecule has 15 heteroatoms. The Labute approximate surface area is 330 Å². The summed E-state index contributed by atoms with van der Waals surface area (Å²) in [5, 5.41) is -0.133. The van der Waals surface area contributed by atoms with Crippen LogP contribution in [0.15, 0.2) is 83.7 Å². The summed E-state index contributed by atoms with van der Waals surface area (Å²) < 4.78 is 24.4. The van der Waals surface area contributed by atoms with Crippen molar-refractivity contribution in [1.82, 2.24) is 19.5 Å². The number of carbonyl (C=O) groups excluding carboxylic acids is 4. The zero-order valence-electron chi connectivity index (χ0n) is 33.6. The molecule has 0 atom stereocenters. The number of ether oxygens (including phenoxy) is 4. The Morgan fingerprint density at radius 1 is 0.684 bits per heavy atom. The first kappa shape index (κ1) is 41.5. The second kappa shape index (κ2) is 16.2. The lowest BCUT2D eigenvalue weighted by atomic mass is 10.0. The molecule has 2 aromatic heterocycles. The van der Waals surface area contributed by atoms with Crippen LogP contribution in [0.3, 0.4) is 0 Å². The normalized spacial score (nSPS) is 11.8. The summed E-state index contributed by atoms with van der Waals surface area (Å²) in [7, 11) is 1.38. The second-order valence-electron chi connectivity index (χ2n) is 16.0. The molecule has 0 radical (unpaired) electrons. The molecular formula is C42H46N6O9. The molecule has 0 aliphatic rings. The lowest BCUT2D eigenvalue weighted by molar-refractivity contribution is 0.0428. The molecule has 0 unspecified atom stereocenters. The Hall–Kier alpha value is -6.64. The van der Waals surface area contributed by atoms with E-state index in [4.69, 9.17) is 23.9 Å². The van der Waals surface area contributed by atoms with Gasteiger partial charge in [0.15, 0.2) is 11.5 Å². The van der Waals surface area contributed by atoms with Crippen molar-refractivity contribution in [1.29, 1.82) is 0 Å². The van der Waals surface area contributed by atoms with Gasteiger partial charge in [-0.25, -0.2) is 24.1 Å². The van der Waals surface area contributed by atoms with Crippen LogP contribution in [0.25, 0.3) is 22.2 Å². The van der Waals surface area contributed by atoms with Gasteiger partial charge in [0.25, 0.3) is 0 Å². The van der Waals surface area contributed by atoms with Gasteiger partial charge in [0.1, 0.15) is 35.1 Å². The minimum absolute atomic E-state index is 0.0718. The van der Waals surface area contributed by atoms with E-state index in [2.05, 4.69) is 9.97 Å². The molecule has 0 spiro atoms. The van der Waals surface area contributed by atoms with E-state index in [0.717, 1.165) is 32.4 Å². The molecule has 15 nitrogen and oxygen atoms in total. The van der Waals surface area contributed by atoms with Gasteiger partial charge in [0, 0.05) is 12.6 Å². The highest BCUT2D eigenvalue weighted by Crippen LogP contribution is 2.36. The van der Waals surface area contributed by atoms with Gasteiger partial charge in [-0.05, 0) is 91.1 Å². The maximum Gasteiger partial charge on any atom is 0.425 e. The molecule has 0 fully saturated rings. The molecule has 3 amide bonds. The number of aldehydes is 1. The van der Waals surface area contributed by atoms with Crippen molar-refractivity contribution in [3.05, 3.63) is 100 Å². The predicted molar refractivity (Wildman–Crippen MR) is 214 cm³/mol. The van der Waals surface area contributed by atoms with Crippen LogP contribution in [-0.4, -0.2) is 60.9 Å². The number of benzene rings is 3. The lowest BCUT2D eigenvalue weighted by Gasteiger charge is -2.29. The standard InChI is InChI=1S/C42H46N6O9/c1-40(2,3)55-37(51)47(30-22-20-29(21-23-30)28-18-16-26(24-49)17-19-28)35-43-32-31(34(45-35)54-25-27-14-12-11-13-15-27)33(44-36(50)46(32)10)48(38(52)56-41(4,5)6)39(53)57-42(7,8)9/h11-24H,25H2,1-10H3. The molecule has 298 valence electrons. The van der Waals surface area contributed by atoms with Crippen LogP contribution in [0.4, 0.5) is 31.8 Å². The zero-order valence-corrected chi connectivity index (χ0v) is 33.6. The van der Waals surface area contributed by atoms with Gasteiger partial charge < -0.3 is 18.9 Å². The Morgan fingerprint density at radius 2 is 1.19 bits per heavy atom. The lowest BCUT2D eigenvalue weighted by Crippen LogP contribution is -2.45. The average molecular weight is 779 g/mol. The van der Waals surface area contributed by atoms with Crippen LogP contribution < -0.4 is 20.2 Å². The Bertz CT molecular complexity index is 2310. The number of aryl methyl sites for hydroxylation is 1. The molecule has 57 heavy (non-hydrogen) atoms. The minimum Gasteiger partial charge on any atom is -0.472 e. The zero-order chi connectivity index (χ0) is 41.9. The Morgan fingerprint density at radius 3 is 1.70 bits per heavy atom. The molecule has 3 aromatic carbocycles. The monoisotopic (exact) mass is 778 g/mol. The Balaban J connectivity index is 1.78. The van der Waals surface area contributed by atoms with E-state index in [1.807, 2.05) is 30.3 Å². The van der Waals surface area contributed by atoms with Crippen LogP contribution in [0.2, 0.25) is 0 Å². The largest absolute Gasteiger partial charge is 0.472 e.